The van der Waals surface area contributed by atoms with Crippen molar-refractivity contribution in [3.63, 3.8) is 0 Å². The van der Waals surface area contributed by atoms with E-state index in [1.807, 2.05) is 24.3 Å². The molecule has 0 spiro atoms. The van der Waals surface area contributed by atoms with Gasteiger partial charge in [0.1, 0.15) is 5.69 Å². The minimum Gasteiger partial charge on any atom is -0.334 e. The number of carbonyl (C=O) groups is 1. The second-order valence-corrected chi connectivity index (χ2v) is 8.48. The van der Waals surface area contributed by atoms with Crippen molar-refractivity contribution in [3.8, 4) is 5.69 Å². The fraction of sp³-hybridized carbons (Fsp3) is 0.100. The number of Topliss-reactive ketones (excluding diaryl/α,β-unsaturated/α-hetero) is 1. The Morgan fingerprint density at radius 2 is 1.84 bits per heavy atom. The second kappa shape index (κ2) is 9.32. The number of hydrogen-bond acceptors (Lipinski definition) is 8. The van der Waals surface area contributed by atoms with Crippen LogP contribution in [0.1, 0.15) is 21.7 Å². The Hall–Kier alpha value is -3.51. The van der Waals surface area contributed by atoms with E-state index in [-0.39, 0.29) is 28.7 Å². The van der Waals surface area contributed by atoms with Crippen LogP contribution >= 0.6 is 27.7 Å². The van der Waals surface area contributed by atoms with Gasteiger partial charge in [0.15, 0.2) is 0 Å². The van der Waals surface area contributed by atoms with E-state index in [0.717, 1.165) is 26.5 Å². The molecule has 0 unspecified atom stereocenters. The second-order valence-electron chi connectivity index (χ2n) is 6.62. The average Bonchev–Trinajstić information content (AvgIpc) is 3.19. The molecule has 2 heterocycles. The number of thioether (sulfide) groups is 1. The molecule has 0 fully saturated rings. The topological polar surface area (TPSA) is 141 Å². The van der Waals surface area contributed by atoms with Gasteiger partial charge >= 0.3 is 11.3 Å². The largest absolute Gasteiger partial charge is 0.438 e. The maximum Gasteiger partial charge on any atom is 0.438 e. The molecule has 3 N–H and O–H groups in total. The molecule has 10 nitrogen and oxygen atoms in total. The molecule has 4 rings (SSSR count). The standard InChI is InChI=1S/C20H15BrN6O4S/c21-13-8-6-12(7-9-13)10-15-18(29)26(22)20(24-23-15)32-11-16(28)17-19(30)31-25-27(17)14-4-2-1-3-5-14/h1-9H,10-11,22H2/p+1. The van der Waals surface area contributed by atoms with Crippen molar-refractivity contribution in [3.05, 3.63) is 96.8 Å². The first-order chi connectivity index (χ1) is 15.4. The van der Waals surface area contributed by atoms with Crippen molar-refractivity contribution in [2.24, 2.45) is 0 Å². The van der Waals surface area contributed by atoms with Crippen LogP contribution in [0, 0.1) is 0 Å². The van der Waals surface area contributed by atoms with Crippen LogP contribution < -0.4 is 21.7 Å². The summed E-state index contributed by atoms with van der Waals surface area (Å²) in [5.41, 5.74) is 0.103. The molecule has 4 aromatic rings. The molecule has 0 aliphatic carbocycles. The molecule has 2 aromatic heterocycles. The number of H-pyrrole nitrogens is 1. The zero-order valence-electron chi connectivity index (χ0n) is 16.4. The van der Waals surface area contributed by atoms with Gasteiger partial charge < -0.3 is 5.84 Å². The van der Waals surface area contributed by atoms with Gasteiger partial charge in [0, 0.05) is 23.0 Å². The number of rotatable bonds is 7. The van der Waals surface area contributed by atoms with Crippen molar-refractivity contribution in [1.29, 1.82) is 0 Å². The molecule has 0 amide bonds. The molecule has 12 heteroatoms. The highest BCUT2D eigenvalue weighted by Gasteiger charge is 2.30. The summed E-state index contributed by atoms with van der Waals surface area (Å²) in [4.78, 5) is 37.4. The van der Waals surface area contributed by atoms with Crippen LogP contribution in [0.25, 0.3) is 5.69 Å². The summed E-state index contributed by atoms with van der Waals surface area (Å²) in [6.45, 7) is 0. The summed E-state index contributed by atoms with van der Waals surface area (Å²) in [5, 5.41) is 10.4. The number of nitrogens with one attached hydrogen (secondary N) is 1. The summed E-state index contributed by atoms with van der Waals surface area (Å²) in [7, 11) is 0. The number of benzene rings is 2. The van der Waals surface area contributed by atoms with Crippen LogP contribution in [0.5, 0.6) is 0 Å². The van der Waals surface area contributed by atoms with E-state index in [9.17, 15) is 14.4 Å². The number of nitrogens with two attached hydrogens (primary N) is 1. The van der Waals surface area contributed by atoms with Gasteiger partial charge in [-0.15, -0.1) is 10.2 Å². The molecule has 0 radical (unpaired) electrons. The fourth-order valence-electron chi connectivity index (χ4n) is 2.89. The lowest BCUT2D eigenvalue weighted by molar-refractivity contribution is -0.672. The number of carbonyl (C=O) groups excluding carboxylic acids is 1. The highest BCUT2D eigenvalue weighted by atomic mass is 79.9. The molecule has 32 heavy (non-hydrogen) atoms. The van der Waals surface area contributed by atoms with Gasteiger partial charge in [-0.3, -0.25) is 14.1 Å². The Labute approximate surface area is 193 Å². The molecule has 0 aliphatic rings. The third-order valence-corrected chi connectivity index (χ3v) is 5.94. The SMILES string of the molecule is Nn1c(SCC(=O)c2c(=O)o[nH][n+]2-c2ccccc2)nnc(Cc2ccc(Br)cc2)c1=O. The van der Waals surface area contributed by atoms with Gasteiger partial charge in [-0.2, -0.15) is 4.68 Å². The van der Waals surface area contributed by atoms with Crippen LogP contribution in [-0.2, 0) is 6.42 Å². The molecule has 2 aromatic carbocycles. The maximum atomic E-state index is 12.7. The van der Waals surface area contributed by atoms with Crippen LogP contribution in [0.4, 0.5) is 0 Å². The zero-order valence-corrected chi connectivity index (χ0v) is 18.8. The monoisotopic (exact) mass is 515 g/mol. The third-order valence-electron chi connectivity index (χ3n) is 4.47. The summed E-state index contributed by atoms with van der Waals surface area (Å²) >= 11 is 4.26. The molecule has 0 aliphatic heterocycles. The van der Waals surface area contributed by atoms with Gasteiger partial charge in [0.25, 0.3) is 5.56 Å². The number of hydrogen-bond donors (Lipinski definition) is 2. The molecule has 0 saturated heterocycles. The van der Waals surface area contributed by atoms with Crippen LogP contribution in [0.3, 0.4) is 0 Å². The minimum atomic E-state index is -0.805. The van der Waals surface area contributed by atoms with E-state index < -0.39 is 17.0 Å². The third kappa shape index (κ3) is 4.55. The van der Waals surface area contributed by atoms with E-state index in [1.54, 1.807) is 30.3 Å². The van der Waals surface area contributed by atoms with E-state index in [1.165, 1.54) is 4.68 Å². The molecular weight excluding hydrogens is 500 g/mol. The Kier molecular flexibility index (Phi) is 6.32. The summed E-state index contributed by atoms with van der Waals surface area (Å²) in [6.07, 6.45) is 0.266. The summed E-state index contributed by atoms with van der Waals surface area (Å²) < 4.78 is 7.82. The first-order valence-corrected chi connectivity index (χ1v) is 11.0. The molecule has 0 atom stereocenters. The Balaban J connectivity index is 1.51. The van der Waals surface area contributed by atoms with Gasteiger partial charge in [0.2, 0.25) is 16.6 Å². The van der Waals surface area contributed by atoms with Crippen molar-refractivity contribution >= 4 is 33.5 Å². The number of nitrogens with zero attached hydrogens (tertiary/aromatic N) is 4. The normalized spacial score (nSPS) is 10.9. The quantitative estimate of drug-likeness (QED) is 0.162. The number of halogens is 1. The predicted molar refractivity (Wildman–Crippen MR) is 119 cm³/mol. The highest BCUT2D eigenvalue weighted by Crippen LogP contribution is 2.15. The zero-order chi connectivity index (χ0) is 22.7. The molecule has 0 saturated carbocycles. The van der Waals surface area contributed by atoms with Gasteiger partial charge in [-0.25, -0.2) is 4.79 Å². The number of aromatic nitrogens is 5. The Morgan fingerprint density at radius 3 is 2.56 bits per heavy atom. The van der Waals surface area contributed by atoms with Gasteiger partial charge in [0.05, 0.1) is 5.75 Å². The molecule has 0 bridgehead atoms. The lowest BCUT2D eigenvalue weighted by Gasteiger charge is -2.07. The molecule has 162 valence electrons. The van der Waals surface area contributed by atoms with Crippen LogP contribution in [0.15, 0.2) is 78.3 Å². The van der Waals surface area contributed by atoms with E-state index in [4.69, 9.17) is 10.4 Å². The summed E-state index contributed by atoms with van der Waals surface area (Å²) in [6, 6.07) is 16.2. The lowest BCUT2D eigenvalue weighted by Crippen LogP contribution is -2.41. The predicted octanol–water partition coefficient (Wildman–Crippen LogP) is 1.24. The first-order valence-electron chi connectivity index (χ1n) is 9.27. The van der Waals surface area contributed by atoms with Gasteiger partial charge in [-0.05, 0) is 27.6 Å². The number of ketones is 1. The first kappa shape index (κ1) is 21.7. The average molecular weight is 516 g/mol. The summed E-state index contributed by atoms with van der Waals surface area (Å²) in [5.74, 6) is 5.16. The number of para-hydroxylation sites is 1. The number of aromatic amines is 1. The van der Waals surface area contributed by atoms with E-state index in [2.05, 4.69) is 31.4 Å². The van der Waals surface area contributed by atoms with E-state index in [0.29, 0.717) is 5.69 Å². The van der Waals surface area contributed by atoms with Crippen molar-refractivity contribution in [2.45, 2.75) is 11.6 Å². The van der Waals surface area contributed by atoms with Crippen molar-refractivity contribution in [1.82, 2.24) is 20.1 Å². The van der Waals surface area contributed by atoms with Crippen molar-refractivity contribution in [2.75, 3.05) is 11.6 Å². The van der Waals surface area contributed by atoms with E-state index >= 15 is 0 Å². The minimum absolute atomic E-state index is 0.0501. The van der Waals surface area contributed by atoms with Crippen molar-refractivity contribution < 1.29 is 14.0 Å². The number of nitrogen functional groups attached to an aromatic ring is 1. The Bertz CT molecular complexity index is 1380. The maximum absolute atomic E-state index is 12.7. The lowest BCUT2D eigenvalue weighted by atomic mass is 10.1. The molecular formula is C20H16BrN6O4S+. The Morgan fingerprint density at radius 1 is 1.12 bits per heavy atom. The highest BCUT2D eigenvalue weighted by molar-refractivity contribution is 9.10. The van der Waals surface area contributed by atoms with Crippen LogP contribution in [0.2, 0.25) is 0 Å². The fourth-order valence-corrected chi connectivity index (χ4v) is 3.88. The van der Waals surface area contributed by atoms with Crippen LogP contribution in [-0.4, -0.2) is 31.7 Å². The van der Waals surface area contributed by atoms with Gasteiger partial charge in [-0.1, -0.05) is 58.0 Å². The smallest absolute Gasteiger partial charge is 0.334 e.